The summed E-state index contributed by atoms with van der Waals surface area (Å²) in [6, 6.07) is 22.2. The quantitative estimate of drug-likeness (QED) is 0.346. The van der Waals surface area contributed by atoms with Crippen LogP contribution in [-0.4, -0.2) is 22.8 Å². The predicted molar refractivity (Wildman–Crippen MR) is 115 cm³/mol. The topological polar surface area (TPSA) is 89.7 Å². The Morgan fingerprint density at radius 1 is 0.844 bits per heavy atom. The molecule has 4 aromatic rings. The van der Waals surface area contributed by atoms with Crippen LogP contribution in [0.2, 0.25) is 0 Å². The van der Waals surface area contributed by atoms with Crippen LogP contribution in [0.3, 0.4) is 0 Å². The maximum Gasteiger partial charge on any atom is 0.338 e. The average molecular weight is 424 g/mol. The van der Waals surface area contributed by atoms with Crippen LogP contribution in [0.15, 0.2) is 89.5 Å². The summed E-state index contributed by atoms with van der Waals surface area (Å²) < 4.78 is 10.7. The molecule has 0 aliphatic carbocycles. The van der Waals surface area contributed by atoms with Gasteiger partial charge >= 0.3 is 5.97 Å². The van der Waals surface area contributed by atoms with Crippen LogP contribution in [0.1, 0.15) is 36.8 Å². The standard InChI is InChI=1S/C25H16N2O5/c28-23-20-8-4-5-9-21(20)24(29)27(23)19-12-10-17(11-13-19)25(30)32-15-18-14-31-22(26-18)16-6-2-1-3-7-16/h1-14H,15H2. The first-order chi connectivity index (χ1) is 15.6. The molecule has 1 aliphatic heterocycles. The number of ether oxygens (including phenoxy) is 1. The van der Waals surface area contributed by atoms with Gasteiger partial charge in [0.1, 0.15) is 18.6 Å². The van der Waals surface area contributed by atoms with Gasteiger partial charge in [0.25, 0.3) is 11.8 Å². The first-order valence-corrected chi connectivity index (χ1v) is 9.86. The summed E-state index contributed by atoms with van der Waals surface area (Å²) in [6.07, 6.45) is 1.45. The largest absolute Gasteiger partial charge is 0.455 e. The first kappa shape index (κ1) is 19.4. The highest BCUT2D eigenvalue weighted by atomic mass is 16.5. The Hall–Kier alpha value is -4.52. The highest BCUT2D eigenvalue weighted by Gasteiger charge is 2.36. The van der Waals surface area contributed by atoms with E-state index < -0.39 is 5.97 Å². The summed E-state index contributed by atoms with van der Waals surface area (Å²) in [5, 5.41) is 0. The van der Waals surface area contributed by atoms with E-state index in [1.54, 1.807) is 36.4 Å². The molecule has 5 rings (SSSR count). The lowest BCUT2D eigenvalue weighted by Crippen LogP contribution is -2.29. The minimum atomic E-state index is -0.553. The van der Waals surface area contributed by atoms with E-state index in [2.05, 4.69) is 4.98 Å². The van der Waals surface area contributed by atoms with Gasteiger partial charge in [-0.1, -0.05) is 30.3 Å². The van der Waals surface area contributed by atoms with Crippen LogP contribution in [0.4, 0.5) is 5.69 Å². The first-order valence-electron chi connectivity index (χ1n) is 9.86. The predicted octanol–water partition coefficient (Wildman–Crippen LogP) is 4.50. The number of hydrogen-bond acceptors (Lipinski definition) is 6. The van der Waals surface area contributed by atoms with E-state index >= 15 is 0 Å². The summed E-state index contributed by atoms with van der Waals surface area (Å²) >= 11 is 0. The summed E-state index contributed by atoms with van der Waals surface area (Å²) in [4.78, 5) is 43.0. The van der Waals surface area contributed by atoms with Crippen molar-refractivity contribution in [2.75, 3.05) is 4.90 Å². The molecule has 0 bridgehead atoms. The lowest BCUT2D eigenvalue weighted by molar-refractivity contribution is 0.0467. The molecule has 7 nitrogen and oxygen atoms in total. The van der Waals surface area contributed by atoms with E-state index in [-0.39, 0.29) is 24.0 Å². The Balaban J connectivity index is 1.25. The number of hydrogen-bond donors (Lipinski definition) is 0. The molecule has 0 atom stereocenters. The molecule has 156 valence electrons. The number of benzene rings is 3. The number of esters is 1. The van der Waals surface area contributed by atoms with Gasteiger partial charge in [-0.05, 0) is 48.5 Å². The molecule has 0 fully saturated rings. The Labute approximate surface area is 182 Å². The van der Waals surface area contributed by atoms with Crippen molar-refractivity contribution in [2.45, 2.75) is 6.61 Å². The second-order valence-electron chi connectivity index (χ2n) is 7.12. The monoisotopic (exact) mass is 424 g/mol. The van der Waals surface area contributed by atoms with Gasteiger partial charge in [-0.2, -0.15) is 0 Å². The number of anilines is 1. The number of oxazole rings is 1. The normalized spacial score (nSPS) is 12.7. The lowest BCUT2D eigenvalue weighted by atomic mass is 10.1. The van der Waals surface area contributed by atoms with Crippen molar-refractivity contribution in [2.24, 2.45) is 0 Å². The molecule has 0 spiro atoms. The fourth-order valence-corrected chi connectivity index (χ4v) is 3.48. The van der Waals surface area contributed by atoms with Gasteiger partial charge < -0.3 is 9.15 Å². The molecule has 3 aromatic carbocycles. The molecule has 2 amide bonds. The Bertz CT molecular complexity index is 1290. The van der Waals surface area contributed by atoms with Crippen LogP contribution >= 0.6 is 0 Å². The molecular weight excluding hydrogens is 408 g/mol. The van der Waals surface area contributed by atoms with Crippen LogP contribution in [0, 0.1) is 0 Å². The fraction of sp³-hybridized carbons (Fsp3) is 0.0400. The van der Waals surface area contributed by atoms with E-state index in [1.807, 2.05) is 30.3 Å². The maximum absolute atomic E-state index is 12.6. The zero-order valence-electron chi connectivity index (χ0n) is 16.7. The van der Waals surface area contributed by atoms with E-state index in [1.165, 1.54) is 18.4 Å². The SMILES string of the molecule is O=C(OCc1coc(-c2ccccc2)n1)c1ccc(N2C(=O)c3ccccc3C2=O)cc1. The smallest absolute Gasteiger partial charge is 0.338 e. The van der Waals surface area contributed by atoms with Gasteiger partial charge in [-0.25, -0.2) is 14.7 Å². The van der Waals surface area contributed by atoms with Crippen molar-refractivity contribution in [3.8, 4) is 11.5 Å². The van der Waals surface area contributed by atoms with Gasteiger partial charge in [0, 0.05) is 5.56 Å². The third-order valence-corrected chi connectivity index (χ3v) is 5.08. The van der Waals surface area contributed by atoms with Gasteiger partial charge in [0.05, 0.1) is 22.4 Å². The van der Waals surface area contributed by atoms with Gasteiger partial charge in [0.2, 0.25) is 5.89 Å². The lowest BCUT2D eigenvalue weighted by Gasteiger charge is -2.14. The highest BCUT2D eigenvalue weighted by molar-refractivity contribution is 6.34. The number of aromatic nitrogens is 1. The molecule has 7 heteroatoms. The number of nitrogens with zero attached hydrogens (tertiary/aromatic N) is 2. The second kappa shape index (κ2) is 7.96. The summed E-state index contributed by atoms with van der Waals surface area (Å²) in [5.41, 5.74) is 2.72. The minimum absolute atomic E-state index is 0.0463. The molecule has 0 saturated heterocycles. The maximum atomic E-state index is 12.6. The summed E-state index contributed by atoms with van der Waals surface area (Å²) in [6.45, 7) is -0.0463. The van der Waals surface area contributed by atoms with E-state index in [9.17, 15) is 14.4 Å². The van der Waals surface area contributed by atoms with Crippen molar-refractivity contribution in [1.29, 1.82) is 0 Å². The van der Waals surface area contributed by atoms with Crippen molar-refractivity contribution in [3.63, 3.8) is 0 Å². The minimum Gasteiger partial charge on any atom is -0.455 e. The highest BCUT2D eigenvalue weighted by Crippen LogP contribution is 2.28. The zero-order chi connectivity index (χ0) is 22.1. The summed E-state index contributed by atoms with van der Waals surface area (Å²) in [7, 11) is 0. The summed E-state index contributed by atoms with van der Waals surface area (Å²) in [5.74, 6) is -0.882. The zero-order valence-corrected chi connectivity index (χ0v) is 16.7. The Kier molecular flexibility index (Phi) is 4.84. The Morgan fingerprint density at radius 3 is 2.12 bits per heavy atom. The Morgan fingerprint density at radius 2 is 1.47 bits per heavy atom. The molecule has 2 heterocycles. The van der Waals surface area contributed by atoms with Crippen LogP contribution < -0.4 is 4.90 Å². The number of carbonyl (C=O) groups excluding carboxylic acids is 3. The number of fused-ring (bicyclic) bond motifs is 1. The number of imide groups is 1. The van der Waals surface area contributed by atoms with Crippen molar-refractivity contribution in [3.05, 3.63) is 108 Å². The van der Waals surface area contributed by atoms with Crippen molar-refractivity contribution >= 4 is 23.5 Å². The van der Waals surface area contributed by atoms with Crippen LogP contribution in [0.5, 0.6) is 0 Å². The average Bonchev–Trinajstić information content (AvgIpc) is 3.41. The van der Waals surface area contributed by atoms with Crippen molar-refractivity contribution < 1.29 is 23.5 Å². The van der Waals surface area contributed by atoms with Gasteiger partial charge in [0.15, 0.2) is 0 Å². The third-order valence-electron chi connectivity index (χ3n) is 5.08. The number of amides is 2. The molecule has 0 radical (unpaired) electrons. The van der Waals surface area contributed by atoms with E-state index in [0.717, 1.165) is 10.5 Å². The van der Waals surface area contributed by atoms with Gasteiger partial charge in [-0.3, -0.25) is 9.59 Å². The van der Waals surface area contributed by atoms with Gasteiger partial charge in [-0.15, -0.1) is 0 Å². The molecular formula is C25H16N2O5. The molecule has 1 aromatic heterocycles. The van der Waals surface area contributed by atoms with E-state index in [0.29, 0.717) is 28.4 Å². The second-order valence-corrected chi connectivity index (χ2v) is 7.12. The van der Waals surface area contributed by atoms with Crippen LogP contribution in [0.25, 0.3) is 11.5 Å². The number of rotatable bonds is 5. The molecule has 0 saturated carbocycles. The van der Waals surface area contributed by atoms with E-state index in [4.69, 9.17) is 9.15 Å². The molecule has 0 unspecified atom stereocenters. The van der Waals surface area contributed by atoms with Crippen LogP contribution in [-0.2, 0) is 11.3 Å². The van der Waals surface area contributed by atoms with Crippen molar-refractivity contribution in [1.82, 2.24) is 4.98 Å². The number of carbonyl (C=O) groups is 3. The third kappa shape index (κ3) is 3.45. The molecule has 32 heavy (non-hydrogen) atoms. The molecule has 1 aliphatic rings. The molecule has 0 N–H and O–H groups in total. The fourth-order valence-electron chi connectivity index (χ4n) is 3.48.